The van der Waals surface area contributed by atoms with E-state index in [2.05, 4.69) is 128 Å². The molecule has 4 nitrogen and oxygen atoms in total. The van der Waals surface area contributed by atoms with E-state index < -0.39 is 0 Å². The molecule has 3 aromatic carbocycles. The van der Waals surface area contributed by atoms with Gasteiger partial charge in [-0.25, -0.2) is 4.58 Å². The third kappa shape index (κ3) is 4.39. The fraction of sp³-hybridized carbons (Fsp3) is 0.500. The van der Waals surface area contributed by atoms with Crippen LogP contribution in [0.15, 0.2) is 77.2 Å². The zero-order chi connectivity index (χ0) is 35.5. The Hall–Kier alpha value is -3.92. The molecule has 52 heavy (non-hydrogen) atoms. The van der Waals surface area contributed by atoms with Crippen LogP contribution in [0.2, 0.25) is 0 Å². The van der Waals surface area contributed by atoms with Crippen molar-refractivity contribution in [3.05, 3.63) is 89.5 Å². The Morgan fingerprint density at radius 3 is 2.25 bits per heavy atom. The lowest BCUT2D eigenvalue weighted by atomic mass is 9.67. The molecule has 0 N–H and O–H groups in total. The molecule has 5 aliphatic rings. The largest absolute Gasteiger partial charge is 0.456 e. The SMILES string of the molecule is CC(C)C1=[N+](C2CCCCC2)C(C2(C)C(C)c3ccc4c(c3-c3ccc5ccccc5[n+]32)C(C)(C)c2c-4oc3ccccc23)CN1C1CCCCC1. The number of amidine groups is 1. The number of fused-ring (bicyclic) bond motifs is 11. The second-order valence-electron chi connectivity index (χ2n) is 18.1. The summed E-state index contributed by atoms with van der Waals surface area (Å²) in [5, 5.41) is 2.58. The molecule has 2 aliphatic heterocycles. The van der Waals surface area contributed by atoms with Gasteiger partial charge in [0.2, 0.25) is 16.7 Å². The number of pyridine rings is 1. The zero-order valence-corrected chi connectivity index (χ0v) is 32.3. The van der Waals surface area contributed by atoms with Gasteiger partial charge in [-0.3, -0.25) is 4.90 Å². The van der Waals surface area contributed by atoms with Gasteiger partial charge in [0, 0.05) is 46.4 Å². The van der Waals surface area contributed by atoms with E-state index in [1.807, 2.05) is 0 Å². The lowest BCUT2D eigenvalue weighted by molar-refractivity contribution is -0.783. The fourth-order valence-corrected chi connectivity index (χ4v) is 12.2. The van der Waals surface area contributed by atoms with Crippen molar-refractivity contribution in [2.75, 3.05) is 6.54 Å². The molecule has 268 valence electrons. The summed E-state index contributed by atoms with van der Waals surface area (Å²) in [6, 6.07) is 29.3. The topological polar surface area (TPSA) is 23.3 Å². The second kappa shape index (κ2) is 11.8. The van der Waals surface area contributed by atoms with E-state index >= 15 is 0 Å². The van der Waals surface area contributed by atoms with E-state index in [1.165, 1.54) is 114 Å². The van der Waals surface area contributed by atoms with Crippen molar-refractivity contribution in [2.24, 2.45) is 5.92 Å². The van der Waals surface area contributed by atoms with E-state index in [-0.39, 0.29) is 11.0 Å². The molecule has 0 amide bonds. The number of aromatic nitrogens is 1. The predicted octanol–water partition coefficient (Wildman–Crippen LogP) is 11.1. The smallest absolute Gasteiger partial charge is 0.250 e. The van der Waals surface area contributed by atoms with Crippen LogP contribution in [-0.2, 0) is 11.0 Å². The van der Waals surface area contributed by atoms with Gasteiger partial charge in [0.05, 0.1) is 29.5 Å². The van der Waals surface area contributed by atoms with Crippen LogP contribution in [0.3, 0.4) is 0 Å². The molecule has 4 heterocycles. The molecule has 3 atom stereocenters. The molecular weight excluding hydrogens is 635 g/mol. The van der Waals surface area contributed by atoms with Crippen molar-refractivity contribution in [1.29, 1.82) is 0 Å². The monoisotopic (exact) mass is 691 g/mol. The average Bonchev–Trinajstić information content (AvgIpc) is 3.83. The van der Waals surface area contributed by atoms with Crippen LogP contribution in [0.1, 0.15) is 128 Å². The lowest BCUT2D eigenvalue weighted by Gasteiger charge is -2.42. The molecular formula is C48H57N3O+2. The minimum absolute atomic E-state index is 0.180. The first-order chi connectivity index (χ1) is 25.2. The summed E-state index contributed by atoms with van der Waals surface area (Å²) in [5.74, 6) is 3.51. The molecule has 4 heteroatoms. The van der Waals surface area contributed by atoms with Crippen LogP contribution in [-0.4, -0.2) is 40.0 Å². The van der Waals surface area contributed by atoms with Crippen LogP contribution in [0, 0.1) is 5.92 Å². The molecule has 0 spiro atoms. The summed E-state index contributed by atoms with van der Waals surface area (Å²) in [4.78, 5) is 2.97. The van der Waals surface area contributed by atoms with Gasteiger partial charge < -0.3 is 4.42 Å². The van der Waals surface area contributed by atoms with Gasteiger partial charge in [-0.05, 0) is 80.7 Å². The molecule has 0 saturated heterocycles. The third-order valence-electron chi connectivity index (χ3n) is 14.7. The minimum atomic E-state index is -0.197. The third-order valence-corrected chi connectivity index (χ3v) is 14.7. The lowest BCUT2D eigenvalue weighted by Crippen LogP contribution is -2.70. The molecule has 10 rings (SSSR count). The van der Waals surface area contributed by atoms with E-state index in [0.717, 1.165) is 17.9 Å². The maximum atomic E-state index is 6.73. The molecule has 3 aliphatic carbocycles. The Balaban J connectivity index is 1.24. The van der Waals surface area contributed by atoms with E-state index in [4.69, 9.17) is 4.42 Å². The molecule has 0 bridgehead atoms. The predicted molar refractivity (Wildman–Crippen MR) is 213 cm³/mol. The quantitative estimate of drug-likeness (QED) is 0.175. The highest BCUT2D eigenvalue weighted by Gasteiger charge is 2.64. The summed E-state index contributed by atoms with van der Waals surface area (Å²) in [6.07, 6.45) is 13.6. The molecule has 2 fully saturated rings. The summed E-state index contributed by atoms with van der Waals surface area (Å²) < 4.78 is 12.7. The second-order valence-corrected chi connectivity index (χ2v) is 18.1. The van der Waals surface area contributed by atoms with Gasteiger partial charge in [-0.1, -0.05) is 89.9 Å². The van der Waals surface area contributed by atoms with E-state index in [0.29, 0.717) is 30.0 Å². The minimum Gasteiger partial charge on any atom is -0.456 e. The van der Waals surface area contributed by atoms with Crippen LogP contribution in [0.5, 0.6) is 0 Å². The number of furan rings is 1. The number of benzene rings is 3. The standard InChI is InChI=1S/C48H57N3O/c1-30(2)46-49(33-18-9-7-10-19-33)29-41(50(46)34-20-11-8-12-21-34)48(6)31(3)35-26-27-37-43(42(35)39-28-25-32-17-13-15-23-38(32)51(39)48)47(4,5)44-36-22-14-16-24-40(36)52-45(37)44/h13-17,22-28,30-31,33-34,41H,7-12,18-21,29H2,1-6H3/q+2. The van der Waals surface area contributed by atoms with E-state index in [9.17, 15) is 0 Å². The highest BCUT2D eigenvalue weighted by Crippen LogP contribution is 2.59. The van der Waals surface area contributed by atoms with Crippen molar-refractivity contribution in [3.63, 3.8) is 0 Å². The highest BCUT2D eigenvalue weighted by atomic mass is 16.3. The molecule has 2 saturated carbocycles. The maximum Gasteiger partial charge on any atom is 0.250 e. The molecule has 0 radical (unpaired) electrons. The average molecular weight is 692 g/mol. The Bertz CT molecular complexity index is 2260. The first-order valence-corrected chi connectivity index (χ1v) is 20.8. The Kier molecular flexibility index (Phi) is 7.42. The van der Waals surface area contributed by atoms with Gasteiger partial charge in [-0.15, -0.1) is 0 Å². The van der Waals surface area contributed by atoms with Crippen LogP contribution < -0.4 is 4.57 Å². The van der Waals surface area contributed by atoms with Gasteiger partial charge in [0.25, 0.3) is 5.84 Å². The summed E-state index contributed by atoms with van der Waals surface area (Å²) >= 11 is 0. The van der Waals surface area contributed by atoms with Crippen LogP contribution in [0.25, 0.3) is 44.5 Å². The molecule has 3 unspecified atom stereocenters. The molecule has 2 aromatic heterocycles. The summed E-state index contributed by atoms with van der Waals surface area (Å²) in [6.45, 7) is 16.2. The fourth-order valence-electron chi connectivity index (χ4n) is 12.2. The number of hydrogen-bond acceptors (Lipinski definition) is 2. The first-order valence-electron chi connectivity index (χ1n) is 20.8. The van der Waals surface area contributed by atoms with Crippen molar-refractivity contribution in [2.45, 2.75) is 141 Å². The zero-order valence-electron chi connectivity index (χ0n) is 32.3. The summed E-state index contributed by atoms with van der Waals surface area (Å²) in [5.41, 5.74) is 10.4. The normalized spacial score (nSPS) is 25.9. The first kappa shape index (κ1) is 32.7. The Morgan fingerprint density at radius 2 is 1.48 bits per heavy atom. The van der Waals surface area contributed by atoms with Crippen molar-refractivity contribution in [1.82, 2.24) is 4.90 Å². The van der Waals surface area contributed by atoms with Crippen molar-refractivity contribution < 1.29 is 13.6 Å². The van der Waals surface area contributed by atoms with Gasteiger partial charge >= 0.3 is 0 Å². The van der Waals surface area contributed by atoms with E-state index in [1.54, 1.807) is 5.84 Å². The van der Waals surface area contributed by atoms with Crippen molar-refractivity contribution >= 4 is 27.7 Å². The Labute approximate surface area is 310 Å². The number of nitrogens with zero attached hydrogens (tertiary/aromatic N) is 3. The van der Waals surface area contributed by atoms with Gasteiger partial charge in [0.15, 0.2) is 6.04 Å². The van der Waals surface area contributed by atoms with Crippen LogP contribution >= 0.6 is 0 Å². The number of hydrogen-bond donors (Lipinski definition) is 0. The van der Waals surface area contributed by atoms with Crippen molar-refractivity contribution in [3.8, 4) is 22.6 Å². The van der Waals surface area contributed by atoms with Gasteiger partial charge in [0.1, 0.15) is 17.9 Å². The summed E-state index contributed by atoms with van der Waals surface area (Å²) in [7, 11) is 0. The molecule has 5 aromatic rings. The highest BCUT2D eigenvalue weighted by molar-refractivity contribution is 5.97. The van der Waals surface area contributed by atoms with Crippen LogP contribution in [0.4, 0.5) is 0 Å². The van der Waals surface area contributed by atoms with Gasteiger partial charge in [-0.2, -0.15) is 4.57 Å². The number of rotatable bonds is 4. The number of para-hydroxylation sites is 2. The maximum absolute atomic E-state index is 6.73. The Morgan fingerprint density at radius 1 is 0.769 bits per heavy atom.